The highest BCUT2D eigenvalue weighted by Gasteiger charge is 2.14. The summed E-state index contributed by atoms with van der Waals surface area (Å²) in [5.41, 5.74) is 0.680. The third-order valence-electron chi connectivity index (χ3n) is 2.18. The first-order valence-corrected chi connectivity index (χ1v) is 6.03. The van der Waals surface area contributed by atoms with Crippen LogP contribution < -0.4 is 5.32 Å². The van der Waals surface area contributed by atoms with Crippen LogP contribution in [-0.4, -0.2) is 22.3 Å². The van der Waals surface area contributed by atoms with Gasteiger partial charge in [0, 0.05) is 23.4 Å². The van der Waals surface area contributed by atoms with Crippen molar-refractivity contribution in [1.82, 2.24) is 5.32 Å². The molecule has 1 N–H and O–H groups in total. The van der Waals surface area contributed by atoms with E-state index in [0.717, 1.165) is 0 Å². The highest BCUT2D eigenvalue weighted by atomic mass is 32.1. The van der Waals surface area contributed by atoms with E-state index in [1.54, 1.807) is 12.1 Å². The molecule has 19 heavy (non-hydrogen) atoms. The Labute approximate surface area is 116 Å². The van der Waals surface area contributed by atoms with Gasteiger partial charge in [0.15, 0.2) is 0 Å². The molecule has 0 aliphatic heterocycles. The Hall–Kier alpha value is -1.76. The predicted molar refractivity (Wildman–Crippen MR) is 73.0 cm³/mol. The lowest BCUT2D eigenvalue weighted by Gasteiger charge is -2.16. The second-order valence-electron chi connectivity index (χ2n) is 4.61. The van der Waals surface area contributed by atoms with Crippen LogP contribution in [0.5, 0.6) is 0 Å². The van der Waals surface area contributed by atoms with E-state index in [2.05, 4.69) is 5.32 Å². The lowest BCUT2D eigenvalue weighted by Crippen LogP contribution is -2.35. The zero-order valence-corrected chi connectivity index (χ0v) is 11.5. The van der Waals surface area contributed by atoms with E-state index < -0.39 is 15.8 Å². The van der Waals surface area contributed by atoms with Crippen LogP contribution in [0.2, 0.25) is 0 Å². The summed E-state index contributed by atoms with van der Waals surface area (Å²) in [6, 6.07) is 5.82. The van der Waals surface area contributed by atoms with Crippen molar-refractivity contribution in [2.75, 3.05) is 6.54 Å². The number of nitro groups is 1. The van der Waals surface area contributed by atoms with Gasteiger partial charge in [-0.25, -0.2) is 4.79 Å². The number of alkyl carbamates (subject to hydrolysis) is 1. The molecule has 6 nitrogen and oxygen atoms in total. The molecular formula is C12H15N2O4S. The van der Waals surface area contributed by atoms with Gasteiger partial charge in [0.2, 0.25) is 0 Å². The van der Waals surface area contributed by atoms with Crippen LogP contribution in [0.4, 0.5) is 10.5 Å². The van der Waals surface area contributed by atoms with Crippen LogP contribution >= 0.6 is 12.6 Å². The van der Waals surface area contributed by atoms with E-state index in [1.807, 2.05) is 13.8 Å². The monoisotopic (exact) mass is 283 g/mol. The number of nitro benzene ring substituents is 1. The number of ether oxygens (including phenoxy) is 1. The van der Waals surface area contributed by atoms with Crippen LogP contribution in [0.1, 0.15) is 19.4 Å². The molecule has 0 atom stereocenters. The minimum atomic E-state index is -0.559. The molecule has 0 fully saturated rings. The van der Waals surface area contributed by atoms with Crippen molar-refractivity contribution in [3.05, 3.63) is 39.9 Å². The van der Waals surface area contributed by atoms with E-state index in [4.69, 9.17) is 17.4 Å². The first-order valence-electron chi connectivity index (χ1n) is 5.62. The fourth-order valence-electron chi connectivity index (χ4n) is 1.20. The molecule has 0 heterocycles. The van der Waals surface area contributed by atoms with Gasteiger partial charge in [0.1, 0.15) is 6.61 Å². The summed E-state index contributed by atoms with van der Waals surface area (Å²) >= 11 is 5.09. The standard InChI is InChI=1S/C12H15N2O4S/c1-12(2,19)8-13-11(15)18-7-9-3-5-10(6-4-9)14(16)17/h3-6H,7-8H2,1-2H3,(H,13,15). The minimum Gasteiger partial charge on any atom is -0.445 e. The molecule has 1 rings (SSSR count). The topological polar surface area (TPSA) is 81.5 Å². The number of nitrogens with one attached hydrogen (secondary N) is 1. The van der Waals surface area contributed by atoms with Crippen LogP contribution in [0.3, 0.4) is 0 Å². The van der Waals surface area contributed by atoms with E-state index >= 15 is 0 Å². The van der Waals surface area contributed by atoms with Crippen molar-refractivity contribution in [2.45, 2.75) is 25.2 Å². The molecular weight excluding hydrogens is 268 g/mol. The van der Waals surface area contributed by atoms with Crippen LogP contribution in [-0.2, 0) is 11.3 Å². The molecule has 1 aromatic rings. The van der Waals surface area contributed by atoms with Gasteiger partial charge in [-0.2, -0.15) is 0 Å². The first kappa shape index (κ1) is 15.3. The molecule has 0 aromatic heterocycles. The van der Waals surface area contributed by atoms with Crippen LogP contribution in [0.15, 0.2) is 24.3 Å². The van der Waals surface area contributed by atoms with Crippen molar-refractivity contribution in [3.63, 3.8) is 0 Å². The average molecular weight is 283 g/mol. The number of amides is 1. The maximum Gasteiger partial charge on any atom is 0.407 e. The van der Waals surface area contributed by atoms with Gasteiger partial charge in [-0.05, 0) is 31.5 Å². The Morgan fingerprint density at radius 3 is 2.47 bits per heavy atom. The normalized spacial score (nSPS) is 10.9. The summed E-state index contributed by atoms with van der Waals surface area (Å²) < 4.78 is 4.53. The summed E-state index contributed by atoms with van der Waals surface area (Å²) in [5.74, 6) is 0. The van der Waals surface area contributed by atoms with Gasteiger partial charge in [0.25, 0.3) is 5.69 Å². The van der Waals surface area contributed by atoms with Gasteiger partial charge in [-0.15, -0.1) is 0 Å². The number of hydrogen-bond donors (Lipinski definition) is 1. The second kappa shape index (κ2) is 6.42. The Kier molecular flexibility index (Phi) is 5.17. The van der Waals surface area contributed by atoms with E-state index in [0.29, 0.717) is 12.1 Å². The third-order valence-corrected chi connectivity index (χ3v) is 2.32. The predicted octanol–water partition coefficient (Wildman–Crippen LogP) is 2.80. The van der Waals surface area contributed by atoms with Gasteiger partial charge in [0.05, 0.1) is 4.92 Å². The van der Waals surface area contributed by atoms with Crippen molar-refractivity contribution in [2.24, 2.45) is 0 Å². The van der Waals surface area contributed by atoms with E-state index in [1.165, 1.54) is 12.1 Å². The summed E-state index contributed by atoms with van der Waals surface area (Å²) in [6.45, 7) is 4.03. The van der Waals surface area contributed by atoms with E-state index in [9.17, 15) is 14.9 Å². The van der Waals surface area contributed by atoms with Crippen LogP contribution in [0, 0.1) is 10.1 Å². The Balaban J connectivity index is 2.40. The number of hydrogen-bond acceptors (Lipinski definition) is 4. The largest absolute Gasteiger partial charge is 0.445 e. The Bertz CT molecular complexity index is 454. The third kappa shape index (κ3) is 6.10. The maximum atomic E-state index is 11.4. The molecule has 0 bridgehead atoms. The van der Waals surface area contributed by atoms with Crippen molar-refractivity contribution in [3.8, 4) is 0 Å². The molecule has 1 radical (unpaired) electrons. The molecule has 1 aromatic carbocycles. The number of carbonyl (C=O) groups is 1. The summed E-state index contributed by atoms with van der Waals surface area (Å²) in [4.78, 5) is 21.3. The fourth-order valence-corrected chi connectivity index (χ4v) is 1.27. The Morgan fingerprint density at radius 1 is 1.42 bits per heavy atom. The number of non-ortho nitro benzene ring substituents is 1. The quantitative estimate of drug-likeness (QED) is 0.665. The van der Waals surface area contributed by atoms with Crippen LogP contribution in [0.25, 0.3) is 0 Å². The van der Waals surface area contributed by atoms with Gasteiger partial charge >= 0.3 is 6.09 Å². The molecule has 0 aliphatic rings. The van der Waals surface area contributed by atoms with Gasteiger partial charge < -0.3 is 10.1 Å². The minimum absolute atomic E-state index is 0.000980. The molecule has 1 amide bonds. The molecule has 0 spiro atoms. The number of rotatable bonds is 5. The summed E-state index contributed by atoms with van der Waals surface area (Å²) in [5, 5.41) is 13.0. The van der Waals surface area contributed by atoms with Crippen molar-refractivity contribution < 1.29 is 14.5 Å². The summed E-state index contributed by atoms with van der Waals surface area (Å²) in [7, 11) is 0. The lowest BCUT2D eigenvalue weighted by atomic mass is 10.2. The maximum absolute atomic E-state index is 11.4. The fraction of sp³-hybridized carbons (Fsp3) is 0.417. The second-order valence-corrected chi connectivity index (χ2v) is 5.72. The molecule has 103 valence electrons. The Morgan fingerprint density at radius 2 is 2.00 bits per heavy atom. The lowest BCUT2D eigenvalue weighted by molar-refractivity contribution is -0.384. The van der Waals surface area contributed by atoms with Gasteiger partial charge in [-0.3, -0.25) is 10.1 Å². The summed E-state index contributed by atoms with van der Waals surface area (Å²) in [6.07, 6.45) is -0.559. The highest BCUT2D eigenvalue weighted by Crippen LogP contribution is 2.13. The smallest absolute Gasteiger partial charge is 0.407 e. The highest BCUT2D eigenvalue weighted by molar-refractivity contribution is 7.81. The van der Waals surface area contributed by atoms with E-state index in [-0.39, 0.29) is 12.3 Å². The first-order chi connectivity index (χ1) is 8.78. The van der Waals surface area contributed by atoms with Gasteiger partial charge in [-0.1, -0.05) is 12.6 Å². The number of benzene rings is 1. The molecule has 0 unspecified atom stereocenters. The molecule has 0 saturated carbocycles. The molecule has 0 aliphatic carbocycles. The zero-order chi connectivity index (χ0) is 14.5. The van der Waals surface area contributed by atoms with Crippen molar-refractivity contribution >= 4 is 24.4 Å². The van der Waals surface area contributed by atoms with Crippen molar-refractivity contribution in [1.29, 1.82) is 0 Å². The number of nitrogens with zero attached hydrogens (tertiary/aromatic N) is 1. The molecule has 0 saturated heterocycles. The molecule has 7 heteroatoms. The SMILES string of the molecule is CC(C)([S])CNC(=O)OCc1ccc([N+](=O)[O-])cc1. The zero-order valence-electron chi connectivity index (χ0n) is 10.7. The number of carbonyl (C=O) groups excluding carboxylic acids is 1. The average Bonchev–Trinajstić information content (AvgIpc) is 2.33.